The molecule has 162 valence electrons. The highest BCUT2D eigenvalue weighted by Gasteiger charge is 2.16. The highest BCUT2D eigenvalue weighted by molar-refractivity contribution is 7.08. The van der Waals surface area contributed by atoms with E-state index >= 15 is 0 Å². The maximum atomic E-state index is 5.18. The van der Waals surface area contributed by atoms with Crippen LogP contribution in [0.1, 0.15) is 5.82 Å². The van der Waals surface area contributed by atoms with Gasteiger partial charge in [-0.25, -0.2) is 24.9 Å². The van der Waals surface area contributed by atoms with E-state index in [1.807, 2.05) is 46.3 Å². The number of para-hydroxylation sites is 2. The van der Waals surface area contributed by atoms with Crippen molar-refractivity contribution >= 4 is 39.4 Å². The molecule has 0 bridgehead atoms. The topological polar surface area (TPSA) is 106 Å². The largest absolute Gasteiger partial charge is 0.481 e. The number of hydrogen-bond donors (Lipinski definition) is 2. The van der Waals surface area contributed by atoms with Crippen molar-refractivity contribution in [2.75, 3.05) is 12.4 Å². The summed E-state index contributed by atoms with van der Waals surface area (Å²) in [6, 6.07) is 13.7. The van der Waals surface area contributed by atoms with Crippen LogP contribution in [0.15, 0.2) is 65.7 Å². The maximum absolute atomic E-state index is 5.18. The molecule has 0 radical (unpaired) electrons. The monoisotopic (exact) mass is 454 g/mol. The summed E-state index contributed by atoms with van der Waals surface area (Å²) in [5, 5.41) is 7.47. The van der Waals surface area contributed by atoms with Crippen molar-refractivity contribution in [3.05, 3.63) is 71.6 Å². The van der Waals surface area contributed by atoms with Crippen LogP contribution in [0.2, 0.25) is 0 Å². The van der Waals surface area contributed by atoms with Crippen molar-refractivity contribution in [2.24, 2.45) is 0 Å². The van der Waals surface area contributed by atoms with Crippen LogP contribution < -0.4 is 10.1 Å². The molecule has 0 aliphatic rings. The SMILES string of the molecule is COc1ccc(-c2nc(NCc3nc4ccccc4[nH]3)c3ncn(-c4ccsc4)c3n2)cn1. The summed E-state index contributed by atoms with van der Waals surface area (Å²) in [6.45, 7) is 0.465. The minimum Gasteiger partial charge on any atom is -0.481 e. The van der Waals surface area contributed by atoms with Gasteiger partial charge in [-0.05, 0) is 29.6 Å². The molecule has 0 fully saturated rings. The first-order chi connectivity index (χ1) is 16.3. The molecule has 9 nitrogen and oxygen atoms in total. The highest BCUT2D eigenvalue weighted by atomic mass is 32.1. The number of thiophene rings is 1. The number of hydrogen-bond acceptors (Lipinski definition) is 8. The fraction of sp³-hybridized carbons (Fsp3) is 0.0870. The number of aromatic amines is 1. The summed E-state index contributed by atoms with van der Waals surface area (Å²) in [7, 11) is 1.59. The van der Waals surface area contributed by atoms with E-state index in [4.69, 9.17) is 14.7 Å². The molecule has 6 aromatic rings. The zero-order chi connectivity index (χ0) is 22.2. The van der Waals surface area contributed by atoms with E-state index in [2.05, 4.69) is 30.6 Å². The fourth-order valence-corrected chi connectivity index (χ4v) is 4.25. The zero-order valence-corrected chi connectivity index (χ0v) is 18.4. The maximum Gasteiger partial charge on any atom is 0.212 e. The quantitative estimate of drug-likeness (QED) is 0.383. The molecular formula is C23H18N8OS. The van der Waals surface area contributed by atoms with Gasteiger partial charge in [0.15, 0.2) is 22.8 Å². The summed E-state index contributed by atoms with van der Waals surface area (Å²) in [4.78, 5) is 26.5. The van der Waals surface area contributed by atoms with Gasteiger partial charge in [-0.1, -0.05) is 12.1 Å². The van der Waals surface area contributed by atoms with E-state index in [9.17, 15) is 0 Å². The Morgan fingerprint density at radius 2 is 2.00 bits per heavy atom. The number of anilines is 1. The number of benzene rings is 1. The average Bonchev–Trinajstić information content (AvgIpc) is 3.61. The Hall–Kier alpha value is -4.31. The number of H-pyrrole nitrogens is 1. The number of pyridine rings is 1. The van der Waals surface area contributed by atoms with Crippen LogP contribution in [0.5, 0.6) is 5.88 Å². The Bertz CT molecular complexity index is 1520. The summed E-state index contributed by atoms with van der Waals surface area (Å²) in [5.74, 6) is 2.52. The number of nitrogens with one attached hydrogen (secondary N) is 2. The Kier molecular flexibility index (Phi) is 4.69. The molecule has 33 heavy (non-hydrogen) atoms. The molecular weight excluding hydrogens is 436 g/mol. The molecule has 5 aromatic heterocycles. The third-order valence-electron chi connectivity index (χ3n) is 5.25. The molecule has 0 saturated heterocycles. The van der Waals surface area contributed by atoms with Gasteiger partial charge in [-0.3, -0.25) is 4.57 Å². The number of nitrogens with zero attached hydrogens (tertiary/aromatic N) is 6. The van der Waals surface area contributed by atoms with Crippen molar-refractivity contribution in [3.8, 4) is 23.0 Å². The van der Waals surface area contributed by atoms with Crippen molar-refractivity contribution in [1.29, 1.82) is 0 Å². The standard InChI is InChI=1S/C23H18N8OS/c1-32-19-7-6-14(10-24-19)21-29-22(25-11-18-27-16-4-2-3-5-17(16)28-18)20-23(30-21)31(13-26-20)15-8-9-33-12-15/h2-10,12-13H,11H2,1H3,(H,27,28)(H,25,29,30). The Labute approximate surface area is 192 Å². The highest BCUT2D eigenvalue weighted by Crippen LogP contribution is 2.27. The van der Waals surface area contributed by atoms with Gasteiger partial charge in [0.25, 0.3) is 0 Å². The van der Waals surface area contributed by atoms with Gasteiger partial charge in [-0.2, -0.15) is 11.3 Å². The van der Waals surface area contributed by atoms with Gasteiger partial charge in [0.2, 0.25) is 5.88 Å². The van der Waals surface area contributed by atoms with Crippen LogP contribution in [-0.2, 0) is 6.54 Å². The molecule has 0 aliphatic heterocycles. The summed E-state index contributed by atoms with van der Waals surface area (Å²) in [6.07, 6.45) is 3.47. The minimum atomic E-state index is 0.465. The molecule has 10 heteroatoms. The lowest BCUT2D eigenvalue weighted by Gasteiger charge is -2.09. The fourth-order valence-electron chi connectivity index (χ4n) is 3.63. The van der Waals surface area contributed by atoms with E-state index in [0.29, 0.717) is 35.2 Å². The van der Waals surface area contributed by atoms with E-state index in [-0.39, 0.29) is 0 Å². The predicted octanol–water partition coefficient (Wildman–Crippen LogP) is 4.44. The van der Waals surface area contributed by atoms with E-state index in [0.717, 1.165) is 28.1 Å². The second-order valence-corrected chi connectivity index (χ2v) is 8.09. The number of rotatable bonds is 6. The summed E-state index contributed by atoms with van der Waals surface area (Å²) >= 11 is 1.62. The minimum absolute atomic E-state index is 0.465. The predicted molar refractivity (Wildman–Crippen MR) is 128 cm³/mol. The van der Waals surface area contributed by atoms with Crippen molar-refractivity contribution in [3.63, 3.8) is 0 Å². The van der Waals surface area contributed by atoms with Gasteiger partial charge in [0, 0.05) is 23.2 Å². The number of methoxy groups -OCH3 is 1. The second-order valence-electron chi connectivity index (χ2n) is 7.31. The molecule has 0 saturated carbocycles. The van der Waals surface area contributed by atoms with Crippen molar-refractivity contribution in [2.45, 2.75) is 6.54 Å². The Morgan fingerprint density at radius 1 is 1.06 bits per heavy atom. The molecule has 0 spiro atoms. The number of imidazole rings is 2. The van der Waals surface area contributed by atoms with Gasteiger partial charge in [0.05, 0.1) is 30.4 Å². The molecule has 6 rings (SSSR count). The number of ether oxygens (including phenoxy) is 1. The van der Waals surface area contributed by atoms with Crippen LogP contribution in [0.4, 0.5) is 5.82 Å². The molecule has 0 amide bonds. The third kappa shape index (κ3) is 3.56. The second kappa shape index (κ2) is 7.99. The third-order valence-corrected chi connectivity index (χ3v) is 5.92. The average molecular weight is 455 g/mol. The molecule has 1 aromatic carbocycles. The first-order valence-corrected chi connectivity index (χ1v) is 11.2. The first-order valence-electron chi connectivity index (χ1n) is 10.2. The smallest absolute Gasteiger partial charge is 0.212 e. The lowest BCUT2D eigenvalue weighted by Crippen LogP contribution is -2.06. The summed E-state index contributed by atoms with van der Waals surface area (Å²) < 4.78 is 7.14. The zero-order valence-electron chi connectivity index (χ0n) is 17.6. The van der Waals surface area contributed by atoms with E-state index in [1.54, 1.807) is 37.0 Å². The molecule has 5 heterocycles. The van der Waals surface area contributed by atoms with Crippen LogP contribution in [0, 0.1) is 0 Å². The lowest BCUT2D eigenvalue weighted by atomic mass is 10.2. The van der Waals surface area contributed by atoms with Crippen LogP contribution in [0.3, 0.4) is 0 Å². The normalized spacial score (nSPS) is 11.3. The van der Waals surface area contributed by atoms with Crippen molar-refractivity contribution < 1.29 is 4.74 Å². The summed E-state index contributed by atoms with van der Waals surface area (Å²) in [5.41, 5.74) is 5.09. The molecule has 0 atom stereocenters. The Balaban J connectivity index is 1.43. The van der Waals surface area contributed by atoms with Gasteiger partial charge in [0.1, 0.15) is 12.2 Å². The lowest BCUT2D eigenvalue weighted by molar-refractivity contribution is 0.398. The molecule has 0 aliphatic carbocycles. The van der Waals surface area contributed by atoms with E-state index in [1.165, 1.54) is 0 Å². The van der Waals surface area contributed by atoms with Crippen LogP contribution in [0.25, 0.3) is 39.3 Å². The van der Waals surface area contributed by atoms with Gasteiger partial charge in [-0.15, -0.1) is 0 Å². The van der Waals surface area contributed by atoms with Gasteiger partial charge >= 0.3 is 0 Å². The Morgan fingerprint density at radius 3 is 2.79 bits per heavy atom. The number of fused-ring (bicyclic) bond motifs is 2. The number of aromatic nitrogens is 7. The molecule has 0 unspecified atom stereocenters. The molecule has 2 N–H and O–H groups in total. The first kappa shape index (κ1) is 19.4. The van der Waals surface area contributed by atoms with Crippen LogP contribution >= 0.6 is 11.3 Å². The van der Waals surface area contributed by atoms with Crippen LogP contribution in [-0.4, -0.2) is 41.6 Å². The van der Waals surface area contributed by atoms with Crippen molar-refractivity contribution in [1.82, 2.24) is 34.5 Å². The van der Waals surface area contributed by atoms with Gasteiger partial charge < -0.3 is 15.0 Å². The van der Waals surface area contributed by atoms with E-state index < -0.39 is 0 Å².